The second kappa shape index (κ2) is 4.54. The maximum absolute atomic E-state index is 11.6. The fraction of sp³-hybridized carbons (Fsp3) is 0.500. The van der Waals surface area contributed by atoms with Gasteiger partial charge in [0.15, 0.2) is 11.5 Å². The Labute approximate surface area is 97.9 Å². The summed E-state index contributed by atoms with van der Waals surface area (Å²) in [5.41, 5.74) is 2.08. The van der Waals surface area contributed by atoms with Crippen molar-refractivity contribution in [3.63, 3.8) is 0 Å². The van der Waals surface area contributed by atoms with E-state index in [1.165, 1.54) is 6.07 Å². The lowest BCUT2D eigenvalue weighted by atomic mass is 10.2. The maximum atomic E-state index is 11.6. The lowest BCUT2D eigenvalue weighted by molar-refractivity contribution is -0.128. The van der Waals surface area contributed by atoms with Crippen molar-refractivity contribution >= 4 is 11.8 Å². The number of likely N-dealkylation sites (tertiary alicyclic amines) is 1. The molecule has 92 valence electrons. The molecule has 0 aliphatic carbocycles. The van der Waals surface area contributed by atoms with E-state index in [-0.39, 0.29) is 11.6 Å². The lowest BCUT2D eigenvalue weighted by Crippen LogP contribution is -2.30. The van der Waals surface area contributed by atoms with Crippen molar-refractivity contribution in [3.05, 3.63) is 17.5 Å². The molecule has 7 heteroatoms. The molecule has 2 heterocycles. The number of nitrogens with zero attached hydrogens (tertiary/aromatic N) is 2. The number of rotatable bonds is 3. The summed E-state index contributed by atoms with van der Waals surface area (Å²) in [6.45, 7) is 3.07. The quantitative estimate of drug-likeness (QED) is 0.425. The van der Waals surface area contributed by atoms with Crippen LogP contribution in [0.5, 0.6) is 0 Å². The fourth-order valence-corrected chi connectivity index (χ4v) is 1.88. The minimum absolute atomic E-state index is 0.0960. The number of hydrazine groups is 1. The average Bonchev–Trinajstić information content (AvgIpc) is 2.86. The predicted molar refractivity (Wildman–Crippen MR) is 57.4 cm³/mol. The molecule has 7 nitrogen and oxygen atoms in total. The molecule has 0 radical (unpaired) electrons. The third-order valence-corrected chi connectivity index (χ3v) is 2.68. The molecule has 3 N–H and O–H groups in total. The molecule has 1 saturated heterocycles. The summed E-state index contributed by atoms with van der Waals surface area (Å²) in [6.07, 6.45) is 0.560. The molecule has 1 atom stereocenters. The monoisotopic (exact) mass is 238 g/mol. The number of aromatic nitrogens is 1. The van der Waals surface area contributed by atoms with Gasteiger partial charge in [-0.2, -0.15) is 0 Å². The van der Waals surface area contributed by atoms with Crippen LogP contribution >= 0.6 is 0 Å². The number of hydrogen-bond donors (Lipinski definition) is 2. The summed E-state index contributed by atoms with van der Waals surface area (Å²) >= 11 is 0. The molecule has 1 unspecified atom stereocenters. The topological polar surface area (TPSA) is 101 Å². The van der Waals surface area contributed by atoms with Gasteiger partial charge in [0.25, 0.3) is 5.91 Å². The highest BCUT2D eigenvalue weighted by Gasteiger charge is 2.27. The first-order valence-corrected chi connectivity index (χ1v) is 5.34. The van der Waals surface area contributed by atoms with Crippen LogP contribution in [0.4, 0.5) is 0 Å². The summed E-state index contributed by atoms with van der Waals surface area (Å²) in [7, 11) is 0. The number of nitrogens with two attached hydrogens (primary N) is 1. The van der Waals surface area contributed by atoms with E-state index < -0.39 is 5.91 Å². The number of nitrogens with one attached hydrogen (secondary N) is 1. The van der Waals surface area contributed by atoms with E-state index in [9.17, 15) is 9.59 Å². The molecule has 17 heavy (non-hydrogen) atoms. The van der Waals surface area contributed by atoms with E-state index in [0.717, 1.165) is 0 Å². The van der Waals surface area contributed by atoms with Crippen LogP contribution < -0.4 is 11.3 Å². The number of carbonyl (C=O) groups excluding carboxylic acids is 2. The Balaban J connectivity index is 2.02. The number of carbonyl (C=O) groups is 2. The van der Waals surface area contributed by atoms with Gasteiger partial charge in [-0.25, -0.2) is 5.84 Å². The van der Waals surface area contributed by atoms with Gasteiger partial charge >= 0.3 is 0 Å². The standard InChI is InChI=1S/C10H14N4O3/c1-6-2-9(15)14(4-6)5-7-3-8(13-17-7)10(16)12-11/h3,6H,2,4-5,11H2,1H3,(H,12,16). The third kappa shape index (κ3) is 2.44. The fourth-order valence-electron chi connectivity index (χ4n) is 1.88. The summed E-state index contributed by atoms with van der Waals surface area (Å²) in [5.74, 6) is 5.39. The van der Waals surface area contributed by atoms with E-state index in [2.05, 4.69) is 5.16 Å². The Bertz CT molecular complexity index is 443. The SMILES string of the molecule is CC1CC(=O)N(Cc2cc(C(=O)NN)no2)C1. The van der Waals surface area contributed by atoms with E-state index in [4.69, 9.17) is 10.4 Å². The van der Waals surface area contributed by atoms with Crippen molar-refractivity contribution in [2.45, 2.75) is 19.9 Å². The largest absolute Gasteiger partial charge is 0.359 e. The summed E-state index contributed by atoms with van der Waals surface area (Å²) in [4.78, 5) is 24.4. The highest BCUT2D eigenvalue weighted by molar-refractivity contribution is 5.91. The predicted octanol–water partition coefficient (Wildman–Crippen LogP) is -0.353. The molecule has 0 aromatic carbocycles. The molecular formula is C10H14N4O3. The van der Waals surface area contributed by atoms with Crippen LogP contribution in [0.1, 0.15) is 29.6 Å². The van der Waals surface area contributed by atoms with Crippen molar-refractivity contribution in [1.82, 2.24) is 15.5 Å². The Hall–Kier alpha value is -1.89. The Morgan fingerprint density at radius 2 is 2.53 bits per heavy atom. The molecule has 0 spiro atoms. The minimum Gasteiger partial charge on any atom is -0.359 e. The second-order valence-electron chi connectivity index (χ2n) is 4.24. The lowest BCUT2D eigenvalue weighted by Gasteiger charge is -2.13. The van der Waals surface area contributed by atoms with Crippen LogP contribution in [0.3, 0.4) is 0 Å². The summed E-state index contributed by atoms with van der Waals surface area (Å²) in [5, 5.41) is 3.57. The zero-order chi connectivity index (χ0) is 12.4. The first-order chi connectivity index (χ1) is 8.10. The van der Waals surface area contributed by atoms with Crippen LogP contribution in [-0.4, -0.2) is 28.4 Å². The van der Waals surface area contributed by atoms with Gasteiger partial charge in [-0.05, 0) is 5.92 Å². The van der Waals surface area contributed by atoms with Crippen LogP contribution in [-0.2, 0) is 11.3 Å². The van der Waals surface area contributed by atoms with Gasteiger partial charge in [-0.1, -0.05) is 12.1 Å². The van der Waals surface area contributed by atoms with Gasteiger partial charge in [-0.3, -0.25) is 15.0 Å². The summed E-state index contributed by atoms with van der Waals surface area (Å²) < 4.78 is 4.97. The van der Waals surface area contributed by atoms with Crippen LogP contribution in [0.15, 0.2) is 10.6 Å². The summed E-state index contributed by atoms with van der Waals surface area (Å²) in [6, 6.07) is 1.48. The minimum atomic E-state index is -0.513. The van der Waals surface area contributed by atoms with E-state index in [0.29, 0.717) is 31.2 Å². The maximum Gasteiger partial charge on any atom is 0.287 e. The first kappa shape index (κ1) is 11.6. The van der Waals surface area contributed by atoms with Crippen LogP contribution in [0.2, 0.25) is 0 Å². The van der Waals surface area contributed by atoms with Crippen molar-refractivity contribution in [2.24, 2.45) is 11.8 Å². The zero-order valence-corrected chi connectivity index (χ0v) is 9.47. The molecule has 1 aromatic rings. The van der Waals surface area contributed by atoms with Gasteiger partial charge in [0.2, 0.25) is 5.91 Å². The molecule has 1 fully saturated rings. The van der Waals surface area contributed by atoms with E-state index in [1.807, 2.05) is 12.3 Å². The average molecular weight is 238 g/mol. The number of hydrogen-bond acceptors (Lipinski definition) is 5. The van der Waals surface area contributed by atoms with E-state index >= 15 is 0 Å². The Morgan fingerprint density at radius 3 is 3.12 bits per heavy atom. The van der Waals surface area contributed by atoms with Gasteiger partial charge in [0.1, 0.15) is 0 Å². The highest BCUT2D eigenvalue weighted by Crippen LogP contribution is 2.19. The molecule has 1 aliphatic rings. The van der Waals surface area contributed by atoms with Crippen molar-refractivity contribution in [3.8, 4) is 0 Å². The first-order valence-electron chi connectivity index (χ1n) is 5.34. The van der Waals surface area contributed by atoms with Gasteiger partial charge in [0, 0.05) is 19.0 Å². The number of amides is 2. The van der Waals surface area contributed by atoms with Gasteiger partial charge in [-0.15, -0.1) is 0 Å². The molecule has 2 amide bonds. The van der Waals surface area contributed by atoms with Crippen molar-refractivity contribution in [1.29, 1.82) is 0 Å². The molecular weight excluding hydrogens is 224 g/mol. The normalized spacial score (nSPS) is 19.8. The molecule has 0 saturated carbocycles. The Morgan fingerprint density at radius 1 is 1.76 bits per heavy atom. The molecule has 0 bridgehead atoms. The van der Waals surface area contributed by atoms with Gasteiger partial charge in [0.05, 0.1) is 6.54 Å². The second-order valence-corrected chi connectivity index (χ2v) is 4.24. The smallest absolute Gasteiger partial charge is 0.287 e. The highest BCUT2D eigenvalue weighted by atomic mass is 16.5. The molecule has 2 rings (SSSR count). The van der Waals surface area contributed by atoms with Crippen LogP contribution in [0, 0.1) is 5.92 Å². The van der Waals surface area contributed by atoms with Crippen LogP contribution in [0.25, 0.3) is 0 Å². The molecule has 1 aromatic heterocycles. The van der Waals surface area contributed by atoms with Crippen molar-refractivity contribution < 1.29 is 14.1 Å². The van der Waals surface area contributed by atoms with Crippen molar-refractivity contribution in [2.75, 3.05) is 6.54 Å². The Kier molecular flexibility index (Phi) is 3.10. The number of nitrogen functional groups attached to an aromatic ring is 1. The zero-order valence-electron chi connectivity index (χ0n) is 9.47. The van der Waals surface area contributed by atoms with E-state index in [1.54, 1.807) is 4.90 Å². The van der Waals surface area contributed by atoms with Gasteiger partial charge < -0.3 is 9.42 Å². The third-order valence-electron chi connectivity index (χ3n) is 2.68. The molecule has 1 aliphatic heterocycles.